The van der Waals surface area contributed by atoms with E-state index < -0.39 is 5.97 Å². The first-order valence-corrected chi connectivity index (χ1v) is 22.1. The minimum Gasteiger partial charge on any atom is -0.426 e. The minimum atomic E-state index is -0.395. The molecule has 2 N–H and O–H groups in total. The Morgan fingerprint density at radius 1 is 0.467 bits per heavy atom. The average Bonchev–Trinajstić information content (AvgIpc) is 3.24. The molecule has 0 aliphatic heterocycles. The normalized spacial score (nSPS) is 12.8. The molecule has 0 spiro atoms. The van der Waals surface area contributed by atoms with Gasteiger partial charge < -0.3 is 15.4 Å². The molecule has 0 aliphatic rings. The van der Waals surface area contributed by atoms with Gasteiger partial charge in [0.2, 0.25) is 5.91 Å². The van der Waals surface area contributed by atoms with Crippen LogP contribution in [0.15, 0.2) is 164 Å². The van der Waals surface area contributed by atoms with Gasteiger partial charge in [0.1, 0.15) is 5.75 Å². The van der Waals surface area contributed by atoms with Crippen molar-refractivity contribution in [1.29, 1.82) is 0 Å². The summed E-state index contributed by atoms with van der Waals surface area (Å²) >= 11 is 0. The first-order chi connectivity index (χ1) is 29.5. The number of carbonyl (C=O) groups excluding carboxylic acids is 3. The molecule has 1 aromatic rings. The van der Waals surface area contributed by atoms with Crippen LogP contribution in [-0.2, 0) is 9.59 Å². The molecule has 0 heterocycles. The highest BCUT2D eigenvalue weighted by atomic mass is 16.5. The molecule has 0 saturated carbocycles. The van der Waals surface area contributed by atoms with Crippen LogP contribution in [0.5, 0.6) is 5.75 Å². The average molecular weight is 815 g/mol. The lowest BCUT2D eigenvalue weighted by molar-refractivity contribution is -0.134. The van der Waals surface area contributed by atoms with Crippen LogP contribution in [0.4, 0.5) is 0 Å². The van der Waals surface area contributed by atoms with Crippen LogP contribution in [0.2, 0.25) is 0 Å². The molecule has 6 nitrogen and oxygen atoms in total. The molecule has 6 heteroatoms. The Labute approximate surface area is 363 Å². The first kappa shape index (κ1) is 52.5. The summed E-state index contributed by atoms with van der Waals surface area (Å²) in [5.74, 6) is -0.586. The van der Waals surface area contributed by atoms with Gasteiger partial charge in [-0.25, -0.2) is 0 Å². The first-order valence-electron chi connectivity index (χ1n) is 22.1. The van der Waals surface area contributed by atoms with E-state index in [1.807, 2.05) is 25.2 Å². The van der Waals surface area contributed by atoms with Gasteiger partial charge in [0.25, 0.3) is 5.91 Å². The summed E-state index contributed by atoms with van der Waals surface area (Å²) in [5.41, 5.74) is 1.16. The maximum absolute atomic E-state index is 12.9. The fourth-order valence-corrected chi connectivity index (χ4v) is 5.33. The number of rotatable bonds is 33. The van der Waals surface area contributed by atoms with E-state index in [4.69, 9.17) is 4.74 Å². The van der Waals surface area contributed by atoms with E-state index in [1.165, 1.54) is 0 Å². The van der Waals surface area contributed by atoms with Gasteiger partial charge in [0, 0.05) is 25.9 Å². The van der Waals surface area contributed by atoms with E-state index in [2.05, 4.69) is 152 Å². The zero-order chi connectivity index (χ0) is 43.4. The van der Waals surface area contributed by atoms with E-state index in [9.17, 15) is 14.4 Å². The zero-order valence-corrected chi connectivity index (χ0v) is 36.9. The largest absolute Gasteiger partial charge is 0.426 e. The van der Waals surface area contributed by atoms with Crippen molar-refractivity contribution in [3.05, 3.63) is 175 Å². The van der Waals surface area contributed by atoms with E-state index >= 15 is 0 Å². The van der Waals surface area contributed by atoms with Gasteiger partial charge >= 0.3 is 5.97 Å². The van der Waals surface area contributed by atoms with E-state index in [-0.39, 0.29) is 36.1 Å². The predicted molar refractivity (Wildman–Crippen MR) is 257 cm³/mol. The van der Waals surface area contributed by atoms with Crippen LogP contribution in [-0.4, -0.2) is 30.9 Å². The summed E-state index contributed by atoms with van der Waals surface area (Å²) in [5, 5.41) is 5.66. The molecular formula is C54H74N2O4. The Bertz CT molecular complexity index is 1680. The fraction of sp³-hybridized carbons (Fsp3) is 0.389. The van der Waals surface area contributed by atoms with Crippen molar-refractivity contribution in [2.45, 2.75) is 124 Å². The molecular weight excluding hydrogens is 741 g/mol. The van der Waals surface area contributed by atoms with E-state index in [0.717, 1.165) is 82.6 Å². The van der Waals surface area contributed by atoms with Crippen LogP contribution in [0.3, 0.4) is 0 Å². The number of hydrogen-bond acceptors (Lipinski definition) is 4. The second kappa shape index (κ2) is 40.3. The number of benzene rings is 1. The van der Waals surface area contributed by atoms with Crippen LogP contribution < -0.4 is 15.4 Å². The van der Waals surface area contributed by atoms with Crippen molar-refractivity contribution in [2.24, 2.45) is 0 Å². The van der Waals surface area contributed by atoms with Crippen molar-refractivity contribution in [3.63, 3.8) is 0 Å². The Kier molecular flexibility index (Phi) is 35.3. The minimum absolute atomic E-state index is 0.0689. The topological polar surface area (TPSA) is 84.5 Å². The molecule has 0 aliphatic carbocycles. The molecule has 0 aromatic heterocycles. The maximum Gasteiger partial charge on any atom is 0.311 e. The van der Waals surface area contributed by atoms with Crippen molar-refractivity contribution in [2.75, 3.05) is 13.1 Å². The summed E-state index contributed by atoms with van der Waals surface area (Å²) in [6.45, 7) is 6.74. The van der Waals surface area contributed by atoms with Crippen LogP contribution in [0.1, 0.15) is 133 Å². The van der Waals surface area contributed by atoms with Gasteiger partial charge in [0.05, 0.1) is 5.56 Å². The standard InChI is InChI=1S/C54H74N2O4/c1-4-6-8-10-12-14-16-18-20-22-24-26-28-30-32-34-36-38-40-42-52(57)55-46-47-56-54(59)50-45-44-49(3)48-51(50)60-53(58)43-41-39-37-35-33-31-29-27-25-23-21-19-17-15-13-11-9-7-5-2/h6-9,12-15,18-21,24-27,30-33,36-39,44-45,48H,4-5,10-11,16-17,22-23,28-29,34-35,40-43,46-47H2,1-3H3,(H,55,57)(H,56,59)/b8-6-,9-7-,14-12-,15-13-,20-18-,21-19-,26-24-,27-25-,32-30-,33-31-,38-36-,39-37-. The Morgan fingerprint density at radius 2 is 0.817 bits per heavy atom. The second-order valence-corrected chi connectivity index (χ2v) is 14.0. The van der Waals surface area contributed by atoms with Gasteiger partial charge in [-0.15, -0.1) is 0 Å². The molecule has 0 unspecified atom stereocenters. The van der Waals surface area contributed by atoms with Crippen LogP contribution in [0.25, 0.3) is 0 Å². The summed E-state index contributed by atoms with van der Waals surface area (Å²) in [6, 6.07) is 5.16. The van der Waals surface area contributed by atoms with Crippen molar-refractivity contribution in [1.82, 2.24) is 10.6 Å². The zero-order valence-electron chi connectivity index (χ0n) is 36.9. The molecule has 0 fully saturated rings. The number of nitrogens with one attached hydrogen (secondary N) is 2. The number of hydrogen-bond donors (Lipinski definition) is 2. The van der Waals surface area contributed by atoms with Gasteiger partial charge in [-0.05, 0) is 115 Å². The smallest absolute Gasteiger partial charge is 0.311 e. The highest BCUT2D eigenvalue weighted by Gasteiger charge is 2.15. The summed E-state index contributed by atoms with van der Waals surface area (Å²) in [6.07, 6.45) is 65.0. The summed E-state index contributed by atoms with van der Waals surface area (Å²) < 4.78 is 5.60. The highest BCUT2D eigenvalue weighted by molar-refractivity contribution is 5.97. The number of aryl methyl sites for hydroxylation is 1. The number of allylic oxidation sites excluding steroid dienone is 24. The third kappa shape index (κ3) is 33.5. The number of esters is 1. The number of amides is 2. The molecule has 0 radical (unpaired) electrons. The van der Waals surface area contributed by atoms with Gasteiger partial charge in [-0.3, -0.25) is 14.4 Å². The van der Waals surface area contributed by atoms with Gasteiger partial charge in [-0.1, -0.05) is 166 Å². The second-order valence-electron chi connectivity index (χ2n) is 14.0. The molecule has 1 aromatic carbocycles. The van der Waals surface area contributed by atoms with Crippen LogP contribution >= 0.6 is 0 Å². The van der Waals surface area contributed by atoms with Gasteiger partial charge in [-0.2, -0.15) is 0 Å². The lowest BCUT2D eigenvalue weighted by atomic mass is 10.1. The molecule has 0 atom stereocenters. The van der Waals surface area contributed by atoms with Crippen molar-refractivity contribution in [3.8, 4) is 5.75 Å². The molecule has 0 bridgehead atoms. The lowest BCUT2D eigenvalue weighted by Gasteiger charge is -2.12. The lowest BCUT2D eigenvalue weighted by Crippen LogP contribution is -2.34. The number of carbonyl (C=O) groups is 3. The predicted octanol–water partition coefficient (Wildman–Crippen LogP) is 13.7. The SMILES string of the molecule is CC/C=C\C/C=C\C/C=C\C/C=C\C/C=C\C/C=C\CCC(=O)NCCNC(=O)c1ccc(C)cc1OC(=O)CC/C=C\C/C=C\C/C=C\C/C=C\C/C=C\C/C=C\CC. The van der Waals surface area contributed by atoms with E-state index in [1.54, 1.807) is 18.2 Å². The molecule has 324 valence electrons. The Morgan fingerprint density at radius 3 is 1.22 bits per heavy atom. The highest BCUT2D eigenvalue weighted by Crippen LogP contribution is 2.21. The fourth-order valence-electron chi connectivity index (χ4n) is 5.33. The Hall–Kier alpha value is -5.49. The molecule has 1 rings (SSSR count). The quantitative estimate of drug-likeness (QED) is 0.0320. The van der Waals surface area contributed by atoms with E-state index in [0.29, 0.717) is 25.8 Å². The molecule has 2 amide bonds. The van der Waals surface area contributed by atoms with Gasteiger partial charge in [0.15, 0.2) is 0 Å². The maximum atomic E-state index is 12.9. The third-order valence-electron chi connectivity index (χ3n) is 8.58. The van der Waals surface area contributed by atoms with Crippen molar-refractivity contribution >= 4 is 17.8 Å². The van der Waals surface area contributed by atoms with Crippen molar-refractivity contribution < 1.29 is 19.1 Å². The number of ether oxygens (including phenoxy) is 1. The summed E-state index contributed by atoms with van der Waals surface area (Å²) in [4.78, 5) is 37.8. The molecule has 0 saturated heterocycles. The summed E-state index contributed by atoms with van der Waals surface area (Å²) in [7, 11) is 0. The third-order valence-corrected chi connectivity index (χ3v) is 8.58. The monoisotopic (exact) mass is 815 g/mol. The van der Waals surface area contributed by atoms with Crippen LogP contribution in [0, 0.1) is 6.92 Å². The molecule has 60 heavy (non-hydrogen) atoms. The Balaban J connectivity index is 2.21.